The Balaban J connectivity index is 1.98. The molecule has 2 heteroatoms. The summed E-state index contributed by atoms with van der Waals surface area (Å²) in [7, 11) is 0. The Bertz CT molecular complexity index is 394. The second kappa shape index (κ2) is 5.83. The molecule has 0 bridgehead atoms. The Hall–Kier alpha value is -0.890. The minimum Gasteiger partial charge on any atom is -0.327 e. The molecule has 0 spiro atoms. The van der Waals surface area contributed by atoms with Gasteiger partial charge in [-0.15, -0.1) is 0 Å². The number of hydrogen-bond acceptors (Lipinski definition) is 1. The summed E-state index contributed by atoms with van der Waals surface area (Å²) in [4.78, 5) is 0. The van der Waals surface area contributed by atoms with Crippen molar-refractivity contribution in [2.75, 3.05) is 0 Å². The number of aryl methyl sites for hydroxylation is 1. The lowest BCUT2D eigenvalue weighted by atomic mass is 9.78. The number of hydrogen-bond donors (Lipinski definition) is 1. The molecule has 1 nitrogen and oxygen atoms in total. The molecule has 1 saturated carbocycles. The van der Waals surface area contributed by atoms with E-state index in [1.807, 2.05) is 13.0 Å². The van der Waals surface area contributed by atoms with Crippen LogP contribution in [-0.2, 0) is 6.42 Å². The van der Waals surface area contributed by atoms with Crippen LogP contribution in [0.3, 0.4) is 0 Å². The fourth-order valence-corrected chi connectivity index (χ4v) is 2.99. The molecule has 2 rings (SSSR count). The van der Waals surface area contributed by atoms with Gasteiger partial charge in [0.1, 0.15) is 5.82 Å². The molecule has 0 aromatic heterocycles. The molecular weight excluding hydrogens is 225 g/mol. The molecule has 0 heterocycles. The molecule has 2 N–H and O–H groups in total. The molecule has 1 atom stereocenters. The molecule has 0 amide bonds. The van der Waals surface area contributed by atoms with Crippen LogP contribution in [0.5, 0.6) is 0 Å². The molecular formula is C16H24FN. The van der Waals surface area contributed by atoms with Crippen LogP contribution in [0.15, 0.2) is 18.2 Å². The third kappa shape index (κ3) is 3.32. The molecule has 18 heavy (non-hydrogen) atoms. The minimum absolute atomic E-state index is 0.153. The first-order chi connectivity index (χ1) is 8.56. The van der Waals surface area contributed by atoms with Gasteiger partial charge in [-0.1, -0.05) is 25.8 Å². The number of halogens is 1. The number of nitrogens with two attached hydrogens (primary N) is 1. The predicted molar refractivity (Wildman–Crippen MR) is 73.9 cm³/mol. The average molecular weight is 249 g/mol. The average Bonchev–Trinajstić information content (AvgIpc) is 2.34. The largest absolute Gasteiger partial charge is 0.327 e. The van der Waals surface area contributed by atoms with Crippen LogP contribution in [0.4, 0.5) is 4.39 Å². The molecule has 0 radical (unpaired) electrons. The summed E-state index contributed by atoms with van der Waals surface area (Å²) in [5.74, 6) is 1.31. The summed E-state index contributed by atoms with van der Waals surface area (Å²) in [5, 5.41) is 0. The minimum atomic E-state index is -0.153. The summed E-state index contributed by atoms with van der Waals surface area (Å²) in [5.41, 5.74) is 8.54. The topological polar surface area (TPSA) is 26.0 Å². The van der Waals surface area contributed by atoms with Gasteiger partial charge in [0.25, 0.3) is 0 Å². The molecule has 100 valence electrons. The summed E-state index contributed by atoms with van der Waals surface area (Å²) in [6.07, 6.45) is 5.86. The van der Waals surface area contributed by atoms with Gasteiger partial charge >= 0.3 is 0 Å². The normalized spacial score (nSPS) is 26.0. The highest BCUT2D eigenvalue weighted by Gasteiger charge is 2.24. The molecule has 0 saturated heterocycles. The van der Waals surface area contributed by atoms with E-state index in [4.69, 9.17) is 5.73 Å². The van der Waals surface area contributed by atoms with Crippen molar-refractivity contribution in [1.82, 2.24) is 0 Å². The highest BCUT2D eigenvalue weighted by Crippen LogP contribution is 2.31. The summed E-state index contributed by atoms with van der Waals surface area (Å²) in [6.45, 7) is 4.35. The Labute approximate surface area is 110 Å². The van der Waals surface area contributed by atoms with E-state index in [1.165, 1.54) is 31.7 Å². The monoisotopic (exact) mass is 249 g/mol. The molecule has 1 unspecified atom stereocenters. The van der Waals surface area contributed by atoms with Crippen molar-refractivity contribution in [1.29, 1.82) is 0 Å². The van der Waals surface area contributed by atoms with Crippen molar-refractivity contribution in [3.63, 3.8) is 0 Å². The van der Waals surface area contributed by atoms with E-state index >= 15 is 0 Å². The van der Waals surface area contributed by atoms with E-state index in [1.54, 1.807) is 6.07 Å². The van der Waals surface area contributed by atoms with Crippen LogP contribution < -0.4 is 5.73 Å². The first kappa shape index (κ1) is 13.5. The van der Waals surface area contributed by atoms with Crippen molar-refractivity contribution in [3.05, 3.63) is 35.1 Å². The Kier molecular flexibility index (Phi) is 4.39. The number of benzene rings is 1. The zero-order chi connectivity index (χ0) is 13.1. The highest BCUT2D eigenvalue weighted by molar-refractivity contribution is 5.27. The molecule has 1 aromatic carbocycles. The first-order valence-corrected chi connectivity index (χ1v) is 7.07. The zero-order valence-corrected chi connectivity index (χ0v) is 11.5. The molecule has 0 aliphatic heterocycles. The van der Waals surface area contributed by atoms with E-state index in [0.717, 1.165) is 23.5 Å². The van der Waals surface area contributed by atoms with Gasteiger partial charge in [0.15, 0.2) is 0 Å². The Morgan fingerprint density at radius 2 is 1.94 bits per heavy atom. The molecule has 1 aromatic rings. The van der Waals surface area contributed by atoms with Crippen LogP contribution in [0.25, 0.3) is 0 Å². The molecule has 1 aliphatic rings. The Morgan fingerprint density at radius 3 is 2.61 bits per heavy atom. The summed E-state index contributed by atoms with van der Waals surface area (Å²) >= 11 is 0. The predicted octanol–water partition coefficient (Wildman–Crippen LogP) is 3.83. The van der Waals surface area contributed by atoms with Crippen molar-refractivity contribution < 1.29 is 4.39 Å². The van der Waals surface area contributed by atoms with Gasteiger partial charge in [-0.2, -0.15) is 0 Å². The van der Waals surface area contributed by atoms with Gasteiger partial charge in [0.05, 0.1) is 0 Å². The van der Waals surface area contributed by atoms with Gasteiger partial charge in [-0.25, -0.2) is 4.39 Å². The van der Waals surface area contributed by atoms with Crippen LogP contribution in [0.1, 0.15) is 43.7 Å². The maximum absolute atomic E-state index is 13.3. The highest BCUT2D eigenvalue weighted by atomic mass is 19.1. The maximum atomic E-state index is 13.3. The van der Waals surface area contributed by atoms with Gasteiger partial charge in [0, 0.05) is 6.04 Å². The smallest absolute Gasteiger partial charge is 0.123 e. The lowest BCUT2D eigenvalue weighted by Crippen LogP contribution is -2.34. The van der Waals surface area contributed by atoms with Crippen molar-refractivity contribution in [3.8, 4) is 0 Å². The van der Waals surface area contributed by atoms with Gasteiger partial charge in [0.2, 0.25) is 0 Å². The maximum Gasteiger partial charge on any atom is 0.123 e. The van der Waals surface area contributed by atoms with Gasteiger partial charge < -0.3 is 5.73 Å². The Morgan fingerprint density at radius 1 is 1.28 bits per heavy atom. The van der Waals surface area contributed by atoms with E-state index in [9.17, 15) is 4.39 Å². The van der Waals surface area contributed by atoms with Crippen molar-refractivity contribution in [2.24, 2.45) is 17.6 Å². The van der Waals surface area contributed by atoms with Crippen LogP contribution in [0.2, 0.25) is 0 Å². The third-order valence-corrected chi connectivity index (χ3v) is 4.43. The number of rotatable bonds is 3. The zero-order valence-electron chi connectivity index (χ0n) is 11.5. The van der Waals surface area contributed by atoms with Crippen LogP contribution in [-0.4, -0.2) is 6.04 Å². The van der Waals surface area contributed by atoms with Gasteiger partial charge in [-0.3, -0.25) is 0 Å². The molecule has 1 fully saturated rings. The van der Waals surface area contributed by atoms with Crippen molar-refractivity contribution >= 4 is 0 Å². The second-order valence-corrected chi connectivity index (χ2v) is 5.96. The summed E-state index contributed by atoms with van der Waals surface area (Å²) in [6, 6.07) is 5.19. The fourth-order valence-electron chi connectivity index (χ4n) is 2.99. The third-order valence-electron chi connectivity index (χ3n) is 4.43. The lowest BCUT2D eigenvalue weighted by molar-refractivity contribution is 0.253. The van der Waals surface area contributed by atoms with Crippen molar-refractivity contribution in [2.45, 2.75) is 52.0 Å². The SMILES string of the molecule is Cc1ccc(F)cc1CC(N)C1CCC(C)CC1. The standard InChI is InChI=1S/C16H24FN/c1-11-3-6-13(7-4-11)16(18)10-14-9-15(17)8-5-12(14)2/h5,8-9,11,13,16H,3-4,6-7,10,18H2,1-2H3. The fraction of sp³-hybridized carbons (Fsp3) is 0.625. The van der Waals surface area contributed by atoms with E-state index in [-0.39, 0.29) is 11.9 Å². The second-order valence-electron chi connectivity index (χ2n) is 5.96. The quantitative estimate of drug-likeness (QED) is 0.865. The van der Waals surface area contributed by atoms with E-state index < -0.39 is 0 Å². The van der Waals surface area contributed by atoms with Gasteiger partial charge in [-0.05, 0) is 61.3 Å². The van der Waals surface area contributed by atoms with E-state index in [2.05, 4.69) is 6.92 Å². The lowest BCUT2D eigenvalue weighted by Gasteiger charge is -2.31. The van der Waals surface area contributed by atoms with E-state index in [0.29, 0.717) is 5.92 Å². The van der Waals surface area contributed by atoms with Crippen LogP contribution >= 0.6 is 0 Å². The molecule has 1 aliphatic carbocycles. The van der Waals surface area contributed by atoms with Crippen LogP contribution in [0, 0.1) is 24.6 Å². The first-order valence-electron chi connectivity index (χ1n) is 7.07. The summed E-state index contributed by atoms with van der Waals surface area (Å²) < 4.78 is 13.3.